The molecule has 0 radical (unpaired) electrons. The van der Waals surface area contributed by atoms with Gasteiger partial charge in [0.05, 0.1) is 4.34 Å². The van der Waals surface area contributed by atoms with Gasteiger partial charge in [-0.05, 0) is 31.2 Å². The van der Waals surface area contributed by atoms with E-state index in [0.29, 0.717) is 0 Å². The molecule has 1 aliphatic heterocycles. The number of hydrogen-bond donors (Lipinski definition) is 0. The summed E-state index contributed by atoms with van der Waals surface area (Å²) in [5, 5.41) is 2.17. The Labute approximate surface area is 109 Å². The second-order valence-corrected chi connectivity index (χ2v) is 6.30. The van der Waals surface area contributed by atoms with Crippen LogP contribution in [0.3, 0.4) is 0 Å². The van der Waals surface area contributed by atoms with Gasteiger partial charge < -0.3 is 4.90 Å². The third-order valence-electron chi connectivity index (χ3n) is 3.13. The molecule has 0 bridgehead atoms. The second kappa shape index (κ2) is 3.88. The molecule has 0 saturated carbocycles. The van der Waals surface area contributed by atoms with E-state index < -0.39 is 0 Å². The van der Waals surface area contributed by atoms with Gasteiger partial charge in [-0.2, -0.15) is 0 Å². The van der Waals surface area contributed by atoms with Crippen LogP contribution in [0, 0.1) is 0 Å². The minimum absolute atomic E-state index is 0.874. The van der Waals surface area contributed by atoms with Crippen LogP contribution in [0.25, 0.3) is 10.1 Å². The first-order chi connectivity index (χ1) is 7.66. The van der Waals surface area contributed by atoms with Gasteiger partial charge in [-0.25, -0.2) is 0 Å². The monoisotopic (exact) mass is 271 g/mol. The third-order valence-corrected chi connectivity index (χ3v) is 4.93. The van der Waals surface area contributed by atoms with E-state index in [0.717, 1.165) is 28.9 Å². The number of halogens is 2. The summed E-state index contributed by atoms with van der Waals surface area (Å²) in [6.07, 6.45) is 1.01. The van der Waals surface area contributed by atoms with Crippen molar-refractivity contribution in [2.24, 2.45) is 0 Å². The highest BCUT2D eigenvalue weighted by atomic mass is 35.5. The molecule has 1 nitrogen and oxygen atoms in total. The molecule has 84 valence electrons. The van der Waals surface area contributed by atoms with Crippen LogP contribution in [0.15, 0.2) is 12.1 Å². The molecule has 3 rings (SSSR count). The molecule has 0 aliphatic carbocycles. The Kier molecular flexibility index (Phi) is 2.63. The molecule has 0 atom stereocenters. The van der Waals surface area contributed by atoms with Crippen molar-refractivity contribution in [3.8, 4) is 0 Å². The SMILES string of the molecule is CN1CCc2c(Cl)ccc3sc(Cl)c(c23)C1. The fourth-order valence-corrected chi connectivity index (χ4v) is 3.93. The van der Waals surface area contributed by atoms with E-state index in [4.69, 9.17) is 23.2 Å². The Balaban J connectivity index is 2.38. The average Bonchev–Trinajstić information content (AvgIpc) is 2.46. The second-order valence-electron chi connectivity index (χ2n) is 4.24. The largest absolute Gasteiger partial charge is 0.302 e. The Morgan fingerprint density at radius 3 is 2.88 bits per heavy atom. The normalized spacial score (nSPS) is 16.7. The fraction of sp³-hybridized carbons (Fsp3) is 0.333. The maximum atomic E-state index is 6.31. The lowest BCUT2D eigenvalue weighted by molar-refractivity contribution is 0.337. The van der Waals surface area contributed by atoms with Crippen LogP contribution in [-0.2, 0) is 13.0 Å². The predicted molar refractivity (Wildman–Crippen MR) is 71.9 cm³/mol. The van der Waals surface area contributed by atoms with Crippen molar-refractivity contribution in [2.75, 3.05) is 13.6 Å². The van der Waals surface area contributed by atoms with E-state index in [-0.39, 0.29) is 0 Å². The van der Waals surface area contributed by atoms with Crippen molar-refractivity contribution in [1.82, 2.24) is 4.90 Å². The van der Waals surface area contributed by atoms with Gasteiger partial charge in [-0.1, -0.05) is 23.2 Å². The van der Waals surface area contributed by atoms with Gasteiger partial charge in [0.15, 0.2) is 0 Å². The zero-order valence-corrected chi connectivity index (χ0v) is 11.2. The molecule has 0 fully saturated rings. The van der Waals surface area contributed by atoms with Crippen LogP contribution in [0.1, 0.15) is 11.1 Å². The highest BCUT2D eigenvalue weighted by molar-refractivity contribution is 7.23. The number of likely N-dealkylation sites (N-methyl/N-ethyl adjacent to an activating group) is 1. The van der Waals surface area contributed by atoms with E-state index in [1.54, 1.807) is 11.3 Å². The van der Waals surface area contributed by atoms with Crippen LogP contribution in [0.4, 0.5) is 0 Å². The molecule has 0 amide bonds. The number of rotatable bonds is 0. The van der Waals surface area contributed by atoms with Crippen molar-refractivity contribution >= 4 is 44.6 Å². The molecule has 0 unspecified atom stereocenters. The van der Waals surface area contributed by atoms with Gasteiger partial charge in [0.1, 0.15) is 0 Å². The van der Waals surface area contributed by atoms with Crippen LogP contribution < -0.4 is 0 Å². The highest BCUT2D eigenvalue weighted by Gasteiger charge is 2.20. The van der Waals surface area contributed by atoms with Gasteiger partial charge in [-0.3, -0.25) is 0 Å². The minimum atomic E-state index is 0.874. The van der Waals surface area contributed by atoms with Gasteiger partial charge in [0, 0.05) is 33.8 Å². The quantitative estimate of drug-likeness (QED) is 0.695. The van der Waals surface area contributed by atoms with Crippen molar-refractivity contribution in [2.45, 2.75) is 13.0 Å². The third kappa shape index (κ3) is 1.56. The number of nitrogens with zero attached hydrogens (tertiary/aromatic N) is 1. The average molecular weight is 272 g/mol. The molecule has 0 spiro atoms. The Morgan fingerprint density at radius 2 is 2.06 bits per heavy atom. The van der Waals surface area contributed by atoms with E-state index in [9.17, 15) is 0 Å². The van der Waals surface area contributed by atoms with Gasteiger partial charge >= 0.3 is 0 Å². The fourth-order valence-electron chi connectivity index (χ4n) is 2.31. The Hall–Kier alpha value is -0.280. The maximum absolute atomic E-state index is 6.31. The standard InChI is InChI=1S/C12H11Cl2NS/c1-15-5-4-7-9(13)2-3-10-11(7)8(6-15)12(14)16-10/h2-3H,4-6H2,1H3. The Bertz CT molecular complexity index is 562. The van der Waals surface area contributed by atoms with E-state index in [2.05, 4.69) is 18.0 Å². The van der Waals surface area contributed by atoms with E-state index in [1.807, 2.05) is 6.07 Å². The molecule has 0 N–H and O–H groups in total. The number of thiophene rings is 1. The van der Waals surface area contributed by atoms with Crippen LogP contribution in [0.2, 0.25) is 9.36 Å². The van der Waals surface area contributed by atoms with E-state index >= 15 is 0 Å². The van der Waals surface area contributed by atoms with E-state index in [1.165, 1.54) is 21.2 Å². The highest BCUT2D eigenvalue weighted by Crippen LogP contribution is 2.41. The van der Waals surface area contributed by atoms with Gasteiger partial charge in [0.25, 0.3) is 0 Å². The van der Waals surface area contributed by atoms with Crippen LogP contribution in [0.5, 0.6) is 0 Å². The predicted octanol–water partition coefficient (Wildman–Crippen LogP) is 4.20. The maximum Gasteiger partial charge on any atom is 0.0985 e. The summed E-state index contributed by atoms with van der Waals surface area (Å²) in [7, 11) is 2.12. The molecule has 2 heterocycles. The minimum Gasteiger partial charge on any atom is -0.302 e. The lowest BCUT2D eigenvalue weighted by Gasteiger charge is -2.12. The number of benzene rings is 1. The van der Waals surface area contributed by atoms with Crippen molar-refractivity contribution < 1.29 is 0 Å². The first-order valence-electron chi connectivity index (χ1n) is 5.23. The molecular formula is C12H11Cl2NS. The Morgan fingerprint density at radius 1 is 1.25 bits per heavy atom. The first kappa shape index (κ1) is 10.8. The van der Waals surface area contributed by atoms with Crippen molar-refractivity contribution in [3.05, 3.63) is 32.6 Å². The molecule has 1 aromatic heterocycles. The summed E-state index contributed by atoms with van der Waals surface area (Å²) in [4.78, 5) is 2.30. The lowest BCUT2D eigenvalue weighted by atomic mass is 10.1. The summed E-state index contributed by atoms with van der Waals surface area (Å²) in [6, 6.07) is 4.06. The molecule has 16 heavy (non-hydrogen) atoms. The summed E-state index contributed by atoms with van der Waals surface area (Å²) in [6.45, 7) is 1.96. The molecule has 4 heteroatoms. The summed E-state index contributed by atoms with van der Waals surface area (Å²) in [5.74, 6) is 0. The first-order valence-corrected chi connectivity index (χ1v) is 6.81. The summed E-state index contributed by atoms with van der Waals surface area (Å²) >= 11 is 14.3. The molecule has 2 aromatic rings. The molecule has 1 aliphatic rings. The number of hydrogen-bond acceptors (Lipinski definition) is 2. The molecule has 1 aromatic carbocycles. The van der Waals surface area contributed by atoms with Crippen molar-refractivity contribution in [3.63, 3.8) is 0 Å². The van der Waals surface area contributed by atoms with Crippen molar-refractivity contribution in [1.29, 1.82) is 0 Å². The zero-order valence-electron chi connectivity index (χ0n) is 8.89. The van der Waals surface area contributed by atoms with Crippen LogP contribution >= 0.6 is 34.5 Å². The topological polar surface area (TPSA) is 3.24 Å². The van der Waals surface area contributed by atoms with Gasteiger partial charge in [-0.15, -0.1) is 11.3 Å². The molecular weight excluding hydrogens is 261 g/mol. The molecule has 0 saturated heterocycles. The lowest BCUT2D eigenvalue weighted by Crippen LogP contribution is -2.18. The zero-order chi connectivity index (χ0) is 11.3. The van der Waals surface area contributed by atoms with Crippen LogP contribution in [-0.4, -0.2) is 18.5 Å². The summed E-state index contributed by atoms with van der Waals surface area (Å²) < 4.78 is 2.17. The summed E-state index contributed by atoms with van der Waals surface area (Å²) in [5.41, 5.74) is 2.51. The smallest absolute Gasteiger partial charge is 0.0985 e. The van der Waals surface area contributed by atoms with Gasteiger partial charge in [0.2, 0.25) is 0 Å².